The van der Waals surface area contributed by atoms with Gasteiger partial charge in [0.2, 0.25) is 5.91 Å². The number of imidazole rings is 1. The first-order chi connectivity index (χ1) is 12.1. The van der Waals surface area contributed by atoms with Gasteiger partial charge in [-0.1, -0.05) is 24.3 Å². The lowest BCUT2D eigenvalue weighted by Gasteiger charge is -2.09. The summed E-state index contributed by atoms with van der Waals surface area (Å²) >= 11 is 0. The van der Waals surface area contributed by atoms with Gasteiger partial charge in [0.05, 0.1) is 19.0 Å². The molecule has 0 spiro atoms. The summed E-state index contributed by atoms with van der Waals surface area (Å²) in [6.45, 7) is 5.26. The molecular weight excluding hydrogens is 318 g/mol. The van der Waals surface area contributed by atoms with E-state index in [9.17, 15) is 4.79 Å². The molecule has 0 saturated heterocycles. The lowest BCUT2D eigenvalue weighted by atomic mass is 10.1. The molecule has 2 heterocycles. The summed E-state index contributed by atoms with van der Waals surface area (Å²) in [5.41, 5.74) is 3.30. The highest BCUT2D eigenvalue weighted by molar-refractivity contribution is 5.77. The summed E-state index contributed by atoms with van der Waals surface area (Å²) in [5, 5.41) is 2.90. The van der Waals surface area contributed by atoms with Gasteiger partial charge in [-0.2, -0.15) is 0 Å². The van der Waals surface area contributed by atoms with Crippen molar-refractivity contribution >= 4 is 17.2 Å². The molecule has 1 aromatic carbocycles. The van der Waals surface area contributed by atoms with Gasteiger partial charge < -0.3 is 14.6 Å². The van der Waals surface area contributed by atoms with Crippen LogP contribution in [0.2, 0.25) is 0 Å². The number of hydrogen-bond acceptors (Lipinski definition) is 5. The maximum Gasteiger partial charge on any atom is 0.240 e. The van der Waals surface area contributed by atoms with Crippen LogP contribution in [0.25, 0.3) is 11.3 Å². The van der Waals surface area contributed by atoms with Crippen LogP contribution in [-0.4, -0.2) is 31.5 Å². The summed E-state index contributed by atoms with van der Waals surface area (Å²) < 4.78 is 7.25. The van der Waals surface area contributed by atoms with Crippen LogP contribution in [0.1, 0.15) is 25.0 Å². The summed E-state index contributed by atoms with van der Waals surface area (Å²) in [6.07, 6.45) is 4.95. The number of nitrogens with zero attached hydrogens (tertiary/aromatic N) is 4. The Morgan fingerprint density at radius 1 is 1.12 bits per heavy atom. The Hall–Kier alpha value is -2.80. The molecule has 7 nitrogen and oxygen atoms in total. The molecule has 3 rings (SSSR count). The molecule has 0 aliphatic rings. The molecule has 0 saturated carbocycles. The molecule has 25 heavy (non-hydrogen) atoms. The van der Waals surface area contributed by atoms with E-state index in [2.05, 4.69) is 20.3 Å². The monoisotopic (exact) mass is 339 g/mol. The fraction of sp³-hybridized carbons (Fsp3) is 0.333. The third-order valence-corrected chi connectivity index (χ3v) is 3.66. The summed E-state index contributed by atoms with van der Waals surface area (Å²) in [5.74, 6) is -0.0998. The summed E-state index contributed by atoms with van der Waals surface area (Å²) in [4.78, 5) is 24.6. The molecule has 130 valence electrons. The second kappa shape index (κ2) is 7.85. The standard InChI is InChI=1S/C18H21N5O2/c1-13(2)25-11-15-5-3-14(4-6-15)9-21-16(24)10-23-12-22-17-18(23)20-8-7-19-17/h3-8,12-13H,9-11H2,1-2H3,(H,21,24). The van der Waals surface area contributed by atoms with Gasteiger partial charge in [-0.05, 0) is 25.0 Å². The van der Waals surface area contributed by atoms with Crippen molar-refractivity contribution in [1.29, 1.82) is 0 Å². The zero-order chi connectivity index (χ0) is 17.6. The summed E-state index contributed by atoms with van der Waals surface area (Å²) in [7, 11) is 0. The van der Waals surface area contributed by atoms with Crippen LogP contribution in [0.4, 0.5) is 0 Å². The van der Waals surface area contributed by atoms with Crippen molar-refractivity contribution in [2.45, 2.75) is 39.6 Å². The predicted octanol–water partition coefficient (Wildman–Crippen LogP) is 2.07. The van der Waals surface area contributed by atoms with Crippen LogP contribution in [0.15, 0.2) is 43.0 Å². The number of hydrogen-bond donors (Lipinski definition) is 1. The Labute approximate surface area is 146 Å². The van der Waals surface area contributed by atoms with Gasteiger partial charge in [-0.3, -0.25) is 4.79 Å². The minimum atomic E-state index is -0.0998. The fourth-order valence-corrected chi connectivity index (χ4v) is 2.34. The minimum absolute atomic E-state index is 0.0998. The molecule has 0 unspecified atom stereocenters. The van der Waals surface area contributed by atoms with Crippen LogP contribution < -0.4 is 5.32 Å². The predicted molar refractivity (Wildman–Crippen MR) is 93.5 cm³/mol. The zero-order valence-electron chi connectivity index (χ0n) is 14.3. The van der Waals surface area contributed by atoms with E-state index >= 15 is 0 Å². The summed E-state index contributed by atoms with van der Waals surface area (Å²) in [6, 6.07) is 8.03. The van der Waals surface area contributed by atoms with Crippen molar-refractivity contribution in [1.82, 2.24) is 24.8 Å². The first kappa shape index (κ1) is 17.0. The molecule has 3 aromatic rings. The van der Waals surface area contributed by atoms with Crippen LogP contribution >= 0.6 is 0 Å². The molecule has 1 N–H and O–H groups in total. The number of ether oxygens (including phenoxy) is 1. The van der Waals surface area contributed by atoms with Crippen molar-refractivity contribution in [3.63, 3.8) is 0 Å². The average Bonchev–Trinajstić information content (AvgIpc) is 3.02. The minimum Gasteiger partial charge on any atom is -0.374 e. The number of carbonyl (C=O) groups is 1. The average molecular weight is 339 g/mol. The molecule has 0 atom stereocenters. The number of rotatable bonds is 7. The highest BCUT2D eigenvalue weighted by Crippen LogP contribution is 2.08. The first-order valence-electron chi connectivity index (χ1n) is 8.20. The van der Waals surface area contributed by atoms with Gasteiger partial charge >= 0.3 is 0 Å². The Balaban J connectivity index is 1.52. The number of fused-ring (bicyclic) bond motifs is 1. The highest BCUT2D eigenvalue weighted by atomic mass is 16.5. The first-order valence-corrected chi connectivity index (χ1v) is 8.20. The molecule has 0 aliphatic heterocycles. The normalized spacial score (nSPS) is 11.2. The van der Waals surface area contributed by atoms with Crippen LogP contribution in [0.5, 0.6) is 0 Å². The van der Waals surface area contributed by atoms with Crippen molar-refractivity contribution in [2.24, 2.45) is 0 Å². The third kappa shape index (κ3) is 4.60. The van der Waals surface area contributed by atoms with Crippen molar-refractivity contribution in [3.8, 4) is 0 Å². The SMILES string of the molecule is CC(C)OCc1ccc(CNC(=O)Cn2cnc3nccnc32)cc1. The Bertz CT molecular complexity index is 842. The third-order valence-electron chi connectivity index (χ3n) is 3.66. The lowest BCUT2D eigenvalue weighted by Crippen LogP contribution is -2.27. The highest BCUT2D eigenvalue weighted by Gasteiger charge is 2.08. The van der Waals surface area contributed by atoms with E-state index in [4.69, 9.17) is 4.74 Å². The lowest BCUT2D eigenvalue weighted by molar-refractivity contribution is -0.121. The second-order valence-electron chi connectivity index (χ2n) is 6.03. The molecule has 0 bridgehead atoms. The number of benzene rings is 1. The van der Waals surface area contributed by atoms with E-state index in [1.807, 2.05) is 38.1 Å². The number of aromatic nitrogens is 4. The van der Waals surface area contributed by atoms with E-state index in [0.717, 1.165) is 11.1 Å². The zero-order valence-corrected chi connectivity index (χ0v) is 14.3. The largest absolute Gasteiger partial charge is 0.374 e. The molecule has 7 heteroatoms. The van der Waals surface area contributed by atoms with Gasteiger partial charge in [0.1, 0.15) is 6.54 Å². The molecule has 0 aliphatic carbocycles. The Morgan fingerprint density at radius 2 is 1.84 bits per heavy atom. The van der Waals surface area contributed by atoms with Gasteiger partial charge in [-0.15, -0.1) is 0 Å². The van der Waals surface area contributed by atoms with E-state index in [0.29, 0.717) is 24.4 Å². The molecular formula is C18H21N5O2. The molecule has 2 aromatic heterocycles. The van der Waals surface area contributed by atoms with Gasteiger partial charge in [0.25, 0.3) is 0 Å². The smallest absolute Gasteiger partial charge is 0.240 e. The van der Waals surface area contributed by atoms with Crippen LogP contribution in [-0.2, 0) is 29.2 Å². The van der Waals surface area contributed by atoms with Crippen molar-refractivity contribution < 1.29 is 9.53 Å². The fourth-order valence-electron chi connectivity index (χ4n) is 2.34. The Kier molecular flexibility index (Phi) is 5.35. The quantitative estimate of drug-likeness (QED) is 0.712. The van der Waals surface area contributed by atoms with Gasteiger partial charge in [0, 0.05) is 18.9 Å². The molecule has 1 amide bonds. The number of amides is 1. The topological polar surface area (TPSA) is 81.9 Å². The maximum atomic E-state index is 12.1. The molecule has 0 radical (unpaired) electrons. The number of nitrogens with one attached hydrogen (secondary N) is 1. The van der Waals surface area contributed by atoms with Crippen molar-refractivity contribution in [3.05, 3.63) is 54.1 Å². The van der Waals surface area contributed by atoms with E-state index < -0.39 is 0 Å². The Morgan fingerprint density at radius 3 is 2.60 bits per heavy atom. The maximum absolute atomic E-state index is 12.1. The van der Waals surface area contributed by atoms with E-state index in [1.165, 1.54) is 0 Å². The van der Waals surface area contributed by atoms with E-state index in [-0.39, 0.29) is 18.6 Å². The van der Waals surface area contributed by atoms with E-state index in [1.54, 1.807) is 23.3 Å². The molecule has 0 fully saturated rings. The van der Waals surface area contributed by atoms with Crippen molar-refractivity contribution in [2.75, 3.05) is 0 Å². The number of carbonyl (C=O) groups excluding carboxylic acids is 1. The van der Waals surface area contributed by atoms with Crippen LogP contribution in [0, 0.1) is 0 Å². The van der Waals surface area contributed by atoms with Crippen LogP contribution in [0.3, 0.4) is 0 Å². The second-order valence-corrected chi connectivity index (χ2v) is 6.03. The van der Waals surface area contributed by atoms with Gasteiger partial charge in [-0.25, -0.2) is 15.0 Å². The van der Waals surface area contributed by atoms with Gasteiger partial charge in [0.15, 0.2) is 11.3 Å².